The number of thioether (sulfide) groups is 1. The van der Waals surface area contributed by atoms with Crippen LogP contribution in [-0.2, 0) is 17.0 Å². The molecule has 10 heteroatoms. The van der Waals surface area contributed by atoms with Crippen LogP contribution < -0.4 is 15.1 Å². The van der Waals surface area contributed by atoms with Crippen molar-refractivity contribution in [3.63, 3.8) is 0 Å². The van der Waals surface area contributed by atoms with E-state index in [1.54, 1.807) is 28.8 Å². The van der Waals surface area contributed by atoms with Gasteiger partial charge >= 0.3 is 13.1 Å². The average molecular weight is 456 g/mol. The van der Waals surface area contributed by atoms with E-state index in [1.165, 1.54) is 5.56 Å². The van der Waals surface area contributed by atoms with Crippen LogP contribution in [0.1, 0.15) is 21.5 Å². The number of nitrogens with two attached hydrogens (primary N) is 1. The van der Waals surface area contributed by atoms with Gasteiger partial charge in [-0.25, -0.2) is 4.79 Å². The zero-order chi connectivity index (χ0) is 22.7. The fraction of sp³-hybridized carbons (Fsp3) is 0.364. The van der Waals surface area contributed by atoms with Crippen molar-refractivity contribution in [2.24, 2.45) is 5.73 Å². The van der Waals surface area contributed by atoms with E-state index in [0.717, 1.165) is 11.3 Å². The molecule has 1 saturated heterocycles. The highest BCUT2D eigenvalue weighted by Crippen LogP contribution is 2.37. The first kappa shape index (κ1) is 22.5. The molecule has 2 aromatic rings. The highest BCUT2D eigenvalue weighted by Gasteiger charge is 2.36. The van der Waals surface area contributed by atoms with Gasteiger partial charge in [0.2, 0.25) is 5.91 Å². The van der Waals surface area contributed by atoms with Crippen LogP contribution in [0.3, 0.4) is 0 Å². The molecule has 2 aromatic carbocycles. The summed E-state index contributed by atoms with van der Waals surface area (Å²) in [6.07, 6.45) is 0.617. The van der Waals surface area contributed by atoms with Crippen molar-refractivity contribution in [3.8, 4) is 11.5 Å². The molecule has 1 unspecified atom stereocenters. The molecule has 8 nitrogen and oxygen atoms in total. The van der Waals surface area contributed by atoms with E-state index in [4.69, 9.17) is 15.1 Å². The number of carbonyl (C=O) groups is 2. The first-order chi connectivity index (χ1) is 15.4. The number of ether oxygens (including phenoxy) is 1. The molecule has 168 valence electrons. The molecule has 32 heavy (non-hydrogen) atoms. The number of benzene rings is 2. The van der Waals surface area contributed by atoms with Gasteiger partial charge in [-0.3, -0.25) is 4.79 Å². The Morgan fingerprint density at radius 3 is 2.72 bits per heavy atom. The minimum Gasteiger partial charge on any atom is -0.535 e. The Kier molecular flexibility index (Phi) is 6.93. The number of amides is 1. The number of aryl methyl sites for hydroxylation is 1. The lowest BCUT2D eigenvalue weighted by molar-refractivity contribution is -0.140. The van der Waals surface area contributed by atoms with E-state index in [2.05, 4.69) is 0 Å². The van der Waals surface area contributed by atoms with Gasteiger partial charge < -0.3 is 30.2 Å². The number of aromatic carboxylic acids is 1. The number of carboxylic acid groups (broad SMARTS) is 1. The highest BCUT2D eigenvalue weighted by molar-refractivity contribution is 7.98. The van der Waals surface area contributed by atoms with Crippen LogP contribution in [-0.4, -0.2) is 65.0 Å². The molecule has 1 fully saturated rings. The minimum atomic E-state index is -1.18. The Labute approximate surface area is 190 Å². The van der Waals surface area contributed by atoms with E-state index in [9.17, 15) is 19.7 Å². The van der Waals surface area contributed by atoms with Crippen LogP contribution in [0.25, 0.3) is 0 Å². The Hall–Kier alpha value is -2.69. The molecule has 4 N–H and O–H groups in total. The summed E-state index contributed by atoms with van der Waals surface area (Å²) >= 11 is 1.61. The molecular formula is C22H25BN2O6S. The van der Waals surface area contributed by atoms with Crippen LogP contribution in [0, 0.1) is 0 Å². The molecule has 0 spiro atoms. The number of hydrogen-bond donors (Lipinski definition) is 3. The summed E-state index contributed by atoms with van der Waals surface area (Å²) in [5.41, 5.74) is 7.89. The predicted molar refractivity (Wildman–Crippen MR) is 122 cm³/mol. The van der Waals surface area contributed by atoms with Crippen molar-refractivity contribution in [3.05, 3.63) is 59.2 Å². The molecular weight excluding hydrogens is 431 g/mol. The van der Waals surface area contributed by atoms with Crippen molar-refractivity contribution in [2.45, 2.75) is 30.6 Å². The first-order valence-electron chi connectivity index (χ1n) is 10.5. The van der Waals surface area contributed by atoms with E-state index in [-0.39, 0.29) is 29.1 Å². The lowest BCUT2D eigenvalue weighted by Gasteiger charge is -2.40. The number of rotatable bonds is 8. The van der Waals surface area contributed by atoms with Gasteiger partial charge in [0.15, 0.2) is 0 Å². The smallest absolute Gasteiger partial charge is 0.522 e. The Morgan fingerprint density at radius 2 is 2.00 bits per heavy atom. The molecule has 2 aliphatic rings. The van der Waals surface area contributed by atoms with E-state index >= 15 is 0 Å². The fourth-order valence-corrected chi connectivity index (χ4v) is 4.71. The van der Waals surface area contributed by atoms with Crippen molar-refractivity contribution in [1.82, 2.24) is 4.90 Å². The quantitative estimate of drug-likeness (QED) is 0.513. The second-order valence-electron chi connectivity index (χ2n) is 7.93. The normalized spacial score (nSPS) is 16.6. The van der Waals surface area contributed by atoms with Crippen molar-refractivity contribution >= 4 is 30.8 Å². The van der Waals surface area contributed by atoms with Crippen LogP contribution in [0.5, 0.6) is 11.5 Å². The van der Waals surface area contributed by atoms with E-state index < -0.39 is 19.1 Å². The van der Waals surface area contributed by atoms with Gasteiger partial charge in [0, 0.05) is 11.5 Å². The second-order valence-corrected chi connectivity index (χ2v) is 8.96. The van der Waals surface area contributed by atoms with Gasteiger partial charge in [0.25, 0.3) is 0 Å². The molecule has 1 amide bonds. The second kappa shape index (κ2) is 9.85. The summed E-state index contributed by atoms with van der Waals surface area (Å²) in [6.45, 7) is 0.686. The van der Waals surface area contributed by atoms with Gasteiger partial charge in [-0.15, -0.1) is 0 Å². The van der Waals surface area contributed by atoms with Gasteiger partial charge in [-0.2, -0.15) is 11.8 Å². The molecule has 2 heterocycles. The maximum atomic E-state index is 12.6. The topological polar surface area (TPSA) is 122 Å². The molecule has 1 atom stereocenters. The molecule has 4 rings (SSSR count). The van der Waals surface area contributed by atoms with Crippen molar-refractivity contribution < 1.29 is 29.1 Å². The highest BCUT2D eigenvalue weighted by atomic mass is 32.2. The maximum absolute atomic E-state index is 12.6. The Bertz CT molecular complexity index is 986. The van der Waals surface area contributed by atoms with Gasteiger partial charge in [-0.05, 0) is 29.9 Å². The average Bonchev–Trinajstić information content (AvgIpc) is 2.75. The monoisotopic (exact) mass is 456 g/mol. The van der Waals surface area contributed by atoms with Gasteiger partial charge in [-0.1, -0.05) is 36.4 Å². The SMILES string of the molecule is NC(CSCc1ccccc1)C(=O)N1CC(Oc2ccc3c(c2C(=O)O)OB(O)CC3)C1. The maximum Gasteiger partial charge on any atom is 0.522 e. The lowest BCUT2D eigenvalue weighted by Crippen LogP contribution is -2.60. The van der Waals surface area contributed by atoms with Gasteiger partial charge in [0.05, 0.1) is 19.1 Å². The van der Waals surface area contributed by atoms with E-state index in [1.807, 2.05) is 30.3 Å². The summed E-state index contributed by atoms with van der Waals surface area (Å²) < 4.78 is 11.2. The summed E-state index contributed by atoms with van der Waals surface area (Å²) in [7, 11) is -1.03. The number of nitrogens with zero attached hydrogens (tertiary/aromatic N) is 1. The van der Waals surface area contributed by atoms with E-state index in [0.29, 0.717) is 31.6 Å². The molecule has 0 aromatic heterocycles. The molecule has 0 aliphatic carbocycles. The Morgan fingerprint density at radius 1 is 1.25 bits per heavy atom. The number of likely N-dealkylation sites (tertiary alicyclic amines) is 1. The third-order valence-electron chi connectivity index (χ3n) is 5.51. The van der Waals surface area contributed by atoms with Crippen molar-refractivity contribution in [2.75, 3.05) is 18.8 Å². The zero-order valence-corrected chi connectivity index (χ0v) is 18.3. The number of hydrogen-bond acceptors (Lipinski definition) is 7. The Balaban J connectivity index is 1.30. The van der Waals surface area contributed by atoms with Crippen LogP contribution in [0.4, 0.5) is 0 Å². The van der Waals surface area contributed by atoms with Crippen LogP contribution in [0.15, 0.2) is 42.5 Å². The standard InChI is InChI=1S/C22H25BN2O6S/c24-17(13-32-12-14-4-2-1-3-5-14)21(26)25-10-16(11-25)30-18-7-6-15-8-9-23(29)31-20(15)19(18)22(27)28/h1-7,16-17,29H,8-13,24H2,(H,27,28). The third kappa shape index (κ3) is 5.03. The number of fused-ring (bicyclic) bond motifs is 1. The summed E-state index contributed by atoms with van der Waals surface area (Å²) in [5, 5.41) is 19.4. The summed E-state index contributed by atoms with van der Waals surface area (Å²) in [4.78, 5) is 26.0. The number of carbonyl (C=O) groups excluding carboxylic acids is 1. The molecule has 0 bridgehead atoms. The third-order valence-corrected chi connectivity index (χ3v) is 6.64. The van der Waals surface area contributed by atoms with Crippen LogP contribution in [0.2, 0.25) is 6.32 Å². The van der Waals surface area contributed by atoms with Crippen molar-refractivity contribution in [1.29, 1.82) is 0 Å². The fourth-order valence-electron chi connectivity index (χ4n) is 3.77. The number of carboxylic acids is 1. The summed E-state index contributed by atoms with van der Waals surface area (Å²) in [5.74, 6) is 0.310. The molecule has 2 aliphatic heterocycles. The molecule has 0 radical (unpaired) electrons. The lowest BCUT2D eigenvalue weighted by atomic mass is 9.78. The molecule has 0 saturated carbocycles. The minimum absolute atomic E-state index is 0.0972. The first-order valence-corrected chi connectivity index (χ1v) is 11.6. The predicted octanol–water partition coefficient (Wildman–Crippen LogP) is 1.65. The largest absolute Gasteiger partial charge is 0.535 e. The van der Waals surface area contributed by atoms with Gasteiger partial charge in [0.1, 0.15) is 23.2 Å². The van der Waals surface area contributed by atoms with Crippen LogP contribution >= 0.6 is 11.8 Å². The summed E-state index contributed by atoms with van der Waals surface area (Å²) in [6, 6.07) is 12.8. The zero-order valence-electron chi connectivity index (χ0n) is 17.5.